The van der Waals surface area contributed by atoms with Crippen LogP contribution in [-0.4, -0.2) is 5.79 Å². The quantitative estimate of drug-likeness (QED) is 0.316. The summed E-state index contributed by atoms with van der Waals surface area (Å²) < 4.78 is 13.3. The summed E-state index contributed by atoms with van der Waals surface area (Å²) in [7, 11) is -1.83. The predicted octanol–water partition coefficient (Wildman–Crippen LogP) is 6.16. The molecule has 0 bridgehead atoms. The molecule has 0 atom stereocenters. The van der Waals surface area contributed by atoms with E-state index in [-0.39, 0.29) is 0 Å². The molecule has 1 aliphatic rings. The first-order chi connectivity index (χ1) is 16.1. The standard InChI is InChI=1S/C29H26O2P2/c1-29(2)30-27(32(23-15-7-3-8-16-23)24-17-9-4-10-18-24)28(31-29)33(25-19-11-5-12-20-25)26-21-13-6-14-22-26/h3-22H,1-2H3. The molecule has 4 heteroatoms. The van der Waals surface area contributed by atoms with E-state index < -0.39 is 21.6 Å². The fourth-order valence-electron chi connectivity index (χ4n) is 3.93. The summed E-state index contributed by atoms with van der Waals surface area (Å²) in [5, 5.41) is 5.01. The summed E-state index contributed by atoms with van der Waals surface area (Å²) in [6.07, 6.45) is 0. The van der Waals surface area contributed by atoms with Gasteiger partial charge >= 0.3 is 0 Å². The van der Waals surface area contributed by atoms with Crippen molar-refractivity contribution in [3.05, 3.63) is 132 Å². The van der Waals surface area contributed by atoms with Crippen LogP contribution in [0.4, 0.5) is 0 Å². The molecular formula is C29H26O2P2. The molecule has 0 radical (unpaired) electrons. The van der Waals surface area contributed by atoms with Gasteiger partial charge in [-0.05, 0) is 21.2 Å². The largest absolute Gasteiger partial charge is 0.448 e. The van der Waals surface area contributed by atoms with E-state index in [1.807, 2.05) is 13.8 Å². The molecule has 0 saturated carbocycles. The van der Waals surface area contributed by atoms with E-state index in [4.69, 9.17) is 9.47 Å². The van der Waals surface area contributed by atoms with Gasteiger partial charge in [0.05, 0.1) is 0 Å². The highest BCUT2D eigenvalue weighted by Gasteiger charge is 2.42. The monoisotopic (exact) mass is 468 g/mol. The van der Waals surface area contributed by atoms with Crippen LogP contribution in [0.15, 0.2) is 132 Å². The smallest absolute Gasteiger partial charge is 0.246 e. The van der Waals surface area contributed by atoms with Gasteiger partial charge in [0.2, 0.25) is 5.79 Å². The first-order valence-corrected chi connectivity index (χ1v) is 13.7. The van der Waals surface area contributed by atoms with E-state index in [2.05, 4.69) is 121 Å². The van der Waals surface area contributed by atoms with Crippen molar-refractivity contribution in [3.8, 4) is 0 Å². The topological polar surface area (TPSA) is 18.5 Å². The molecule has 4 aromatic rings. The number of hydrogen-bond donors (Lipinski definition) is 0. The molecule has 5 rings (SSSR count). The van der Waals surface area contributed by atoms with Crippen LogP contribution in [0.5, 0.6) is 0 Å². The van der Waals surface area contributed by atoms with Crippen molar-refractivity contribution in [3.63, 3.8) is 0 Å². The number of hydrogen-bond acceptors (Lipinski definition) is 2. The Morgan fingerprint density at radius 2 is 0.667 bits per heavy atom. The summed E-state index contributed by atoms with van der Waals surface area (Å²) in [5.41, 5.74) is 1.93. The Hall–Kier alpha value is -2.92. The van der Waals surface area contributed by atoms with Crippen LogP contribution in [0.25, 0.3) is 0 Å². The number of ether oxygens (including phenoxy) is 2. The molecular weight excluding hydrogens is 442 g/mol. The molecule has 0 aromatic heterocycles. The van der Waals surface area contributed by atoms with Gasteiger partial charge in [-0.2, -0.15) is 0 Å². The first-order valence-electron chi connectivity index (χ1n) is 11.1. The van der Waals surface area contributed by atoms with Gasteiger partial charge in [0.25, 0.3) is 0 Å². The fraction of sp³-hybridized carbons (Fsp3) is 0.103. The molecule has 0 saturated heterocycles. The molecule has 33 heavy (non-hydrogen) atoms. The summed E-state index contributed by atoms with van der Waals surface area (Å²) in [5.74, 6) is -0.723. The van der Waals surface area contributed by atoms with Gasteiger partial charge in [0, 0.05) is 29.7 Å². The molecule has 164 valence electrons. The molecule has 1 heterocycles. The van der Waals surface area contributed by atoms with Crippen molar-refractivity contribution in [2.45, 2.75) is 19.6 Å². The van der Waals surface area contributed by atoms with Gasteiger partial charge in [-0.3, -0.25) is 0 Å². The normalized spacial score (nSPS) is 14.9. The lowest BCUT2D eigenvalue weighted by atomic mass is 10.4. The van der Waals surface area contributed by atoms with Crippen LogP contribution < -0.4 is 21.2 Å². The van der Waals surface area contributed by atoms with Crippen molar-refractivity contribution in [2.24, 2.45) is 0 Å². The highest BCUT2D eigenvalue weighted by atomic mass is 31.1. The lowest BCUT2D eigenvalue weighted by Crippen LogP contribution is -2.22. The Balaban J connectivity index is 1.75. The number of benzene rings is 4. The average Bonchev–Trinajstić information content (AvgIpc) is 3.16. The Morgan fingerprint density at radius 1 is 0.424 bits per heavy atom. The molecule has 4 aromatic carbocycles. The molecule has 2 nitrogen and oxygen atoms in total. The highest BCUT2D eigenvalue weighted by Crippen LogP contribution is 2.59. The second-order valence-electron chi connectivity index (χ2n) is 8.23. The predicted molar refractivity (Wildman–Crippen MR) is 141 cm³/mol. The van der Waals surface area contributed by atoms with Crippen molar-refractivity contribution >= 4 is 37.1 Å². The molecule has 0 unspecified atom stereocenters. The van der Waals surface area contributed by atoms with E-state index in [0.717, 1.165) is 11.0 Å². The maximum atomic E-state index is 6.66. The lowest BCUT2D eigenvalue weighted by Gasteiger charge is -2.23. The van der Waals surface area contributed by atoms with Gasteiger partial charge in [-0.25, -0.2) is 0 Å². The van der Waals surface area contributed by atoms with Crippen molar-refractivity contribution < 1.29 is 9.47 Å². The van der Waals surface area contributed by atoms with Gasteiger partial charge in [-0.1, -0.05) is 121 Å². The average molecular weight is 468 g/mol. The molecule has 0 aliphatic carbocycles. The minimum atomic E-state index is -0.914. The number of rotatable bonds is 6. The summed E-state index contributed by atoms with van der Waals surface area (Å²) in [6, 6.07) is 42.7. The second-order valence-corrected chi connectivity index (χ2v) is 12.4. The van der Waals surface area contributed by atoms with Gasteiger partial charge in [0.15, 0.2) is 11.0 Å². The Labute approximate surface area is 198 Å². The third kappa shape index (κ3) is 4.74. The Bertz CT molecular complexity index is 1050. The van der Waals surface area contributed by atoms with Crippen molar-refractivity contribution in [2.75, 3.05) is 0 Å². The van der Waals surface area contributed by atoms with E-state index in [0.29, 0.717) is 0 Å². The van der Waals surface area contributed by atoms with E-state index in [1.165, 1.54) is 21.2 Å². The summed E-state index contributed by atoms with van der Waals surface area (Å²) in [4.78, 5) is 0. The van der Waals surface area contributed by atoms with E-state index >= 15 is 0 Å². The van der Waals surface area contributed by atoms with Crippen molar-refractivity contribution in [1.82, 2.24) is 0 Å². The SMILES string of the molecule is CC1(C)OC(P(c2ccccc2)c2ccccc2)=C(P(c2ccccc2)c2ccccc2)O1. The van der Waals surface area contributed by atoms with Crippen LogP contribution in [0, 0.1) is 0 Å². The van der Waals surface area contributed by atoms with Gasteiger partial charge < -0.3 is 9.47 Å². The van der Waals surface area contributed by atoms with Crippen LogP contribution in [0.1, 0.15) is 13.8 Å². The van der Waals surface area contributed by atoms with Gasteiger partial charge in [-0.15, -0.1) is 0 Å². The zero-order valence-corrected chi connectivity index (χ0v) is 20.5. The Kier molecular flexibility index (Phi) is 6.32. The summed E-state index contributed by atoms with van der Waals surface area (Å²) in [6.45, 7) is 4.01. The van der Waals surface area contributed by atoms with E-state index in [9.17, 15) is 0 Å². The fourth-order valence-corrected chi connectivity index (χ4v) is 9.04. The minimum Gasteiger partial charge on any atom is -0.448 e. The first kappa shape index (κ1) is 21.9. The van der Waals surface area contributed by atoms with Crippen LogP contribution in [0.3, 0.4) is 0 Å². The third-order valence-electron chi connectivity index (χ3n) is 5.33. The minimum absolute atomic E-state index is 0.723. The van der Waals surface area contributed by atoms with Crippen LogP contribution in [-0.2, 0) is 9.47 Å². The Morgan fingerprint density at radius 3 is 0.909 bits per heavy atom. The molecule has 0 amide bonds. The summed E-state index contributed by atoms with van der Waals surface area (Å²) >= 11 is 0. The maximum absolute atomic E-state index is 6.66. The van der Waals surface area contributed by atoms with Crippen LogP contribution in [0.2, 0.25) is 0 Å². The van der Waals surface area contributed by atoms with Crippen LogP contribution >= 0.6 is 15.8 Å². The molecule has 0 fully saturated rings. The third-order valence-corrected chi connectivity index (χ3v) is 10.2. The maximum Gasteiger partial charge on any atom is 0.246 e. The molecule has 0 spiro atoms. The highest BCUT2D eigenvalue weighted by molar-refractivity contribution is 7.80. The van der Waals surface area contributed by atoms with Gasteiger partial charge in [0.1, 0.15) is 0 Å². The molecule has 1 aliphatic heterocycles. The van der Waals surface area contributed by atoms with E-state index in [1.54, 1.807) is 0 Å². The molecule has 0 N–H and O–H groups in total. The van der Waals surface area contributed by atoms with Crippen molar-refractivity contribution in [1.29, 1.82) is 0 Å². The zero-order valence-electron chi connectivity index (χ0n) is 18.8. The zero-order chi connectivity index (χ0) is 22.7. The second kappa shape index (κ2) is 9.52. The lowest BCUT2D eigenvalue weighted by molar-refractivity contribution is -0.113.